The summed E-state index contributed by atoms with van der Waals surface area (Å²) in [5.74, 6) is 0.952. The standard InChI is InChI=1S/C16H26N2OS/c1-5-17-15(19)9-10-20-14-8-6-7-13(11-14)12-18-16(2,3)4/h6-8,11,18H,5,9-10,12H2,1-4H3,(H,17,19). The van der Waals surface area contributed by atoms with Crippen molar-refractivity contribution < 1.29 is 4.79 Å². The van der Waals surface area contributed by atoms with Gasteiger partial charge in [0.15, 0.2) is 0 Å². The van der Waals surface area contributed by atoms with Crippen molar-refractivity contribution >= 4 is 17.7 Å². The lowest BCUT2D eigenvalue weighted by atomic mass is 10.1. The molecule has 3 nitrogen and oxygen atoms in total. The molecule has 1 aromatic rings. The van der Waals surface area contributed by atoms with E-state index in [1.807, 2.05) is 6.92 Å². The topological polar surface area (TPSA) is 41.1 Å². The van der Waals surface area contributed by atoms with E-state index in [1.54, 1.807) is 11.8 Å². The zero-order valence-corrected chi connectivity index (χ0v) is 13.8. The first-order valence-corrected chi connectivity index (χ1v) is 8.13. The first-order valence-electron chi connectivity index (χ1n) is 7.14. The normalized spacial score (nSPS) is 11.4. The predicted molar refractivity (Wildman–Crippen MR) is 87.1 cm³/mol. The van der Waals surface area contributed by atoms with Crippen molar-refractivity contribution in [1.82, 2.24) is 10.6 Å². The maximum absolute atomic E-state index is 11.4. The smallest absolute Gasteiger partial charge is 0.220 e. The summed E-state index contributed by atoms with van der Waals surface area (Å²) in [5, 5.41) is 6.30. The van der Waals surface area contributed by atoms with E-state index in [2.05, 4.69) is 55.7 Å². The number of benzene rings is 1. The third kappa shape index (κ3) is 7.56. The van der Waals surface area contributed by atoms with Crippen molar-refractivity contribution in [3.63, 3.8) is 0 Å². The van der Waals surface area contributed by atoms with E-state index in [0.717, 1.165) is 12.3 Å². The molecule has 4 heteroatoms. The summed E-state index contributed by atoms with van der Waals surface area (Å²) >= 11 is 1.73. The van der Waals surface area contributed by atoms with E-state index < -0.39 is 0 Å². The predicted octanol–water partition coefficient (Wildman–Crippen LogP) is 3.19. The average Bonchev–Trinajstić information content (AvgIpc) is 2.36. The fourth-order valence-electron chi connectivity index (χ4n) is 1.66. The summed E-state index contributed by atoms with van der Waals surface area (Å²) in [7, 11) is 0. The van der Waals surface area contributed by atoms with Crippen molar-refractivity contribution in [2.45, 2.75) is 51.1 Å². The molecule has 0 aromatic heterocycles. The lowest BCUT2D eigenvalue weighted by Gasteiger charge is -2.20. The number of carbonyl (C=O) groups excluding carboxylic acids is 1. The Morgan fingerprint density at radius 3 is 2.70 bits per heavy atom. The van der Waals surface area contributed by atoms with Crippen LogP contribution < -0.4 is 10.6 Å². The third-order valence-corrected chi connectivity index (χ3v) is 3.69. The Bertz CT molecular complexity index is 427. The highest BCUT2D eigenvalue weighted by molar-refractivity contribution is 7.99. The molecule has 0 aliphatic rings. The molecule has 0 spiro atoms. The summed E-state index contributed by atoms with van der Waals surface area (Å²) in [6, 6.07) is 8.50. The lowest BCUT2D eigenvalue weighted by Crippen LogP contribution is -2.35. The molecule has 1 amide bonds. The molecule has 112 valence electrons. The Balaban J connectivity index is 2.41. The molecule has 0 aliphatic carbocycles. The van der Waals surface area contributed by atoms with E-state index in [1.165, 1.54) is 10.5 Å². The van der Waals surface area contributed by atoms with E-state index >= 15 is 0 Å². The molecule has 2 N–H and O–H groups in total. The summed E-state index contributed by atoms with van der Waals surface area (Å²) in [6.45, 7) is 10.0. The SMILES string of the molecule is CCNC(=O)CCSc1cccc(CNC(C)(C)C)c1. The maximum atomic E-state index is 11.4. The number of hydrogen-bond donors (Lipinski definition) is 2. The molecule has 0 unspecified atom stereocenters. The van der Waals surface area contributed by atoms with E-state index in [0.29, 0.717) is 13.0 Å². The van der Waals surface area contributed by atoms with Crippen LogP contribution >= 0.6 is 11.8 Å². The van der Waals surface area contributed by atoms with Gasteiger partial charge in [0.25, 0.3) is 0 Å². The molecule has 0 bridgehead atoms. The van der Waals surface area contributed by atoms with Crippen molar-refractivity contribution in [2.75, 3.05) is 12.3 Å². The van der Waals surface area contributed by atoms with Gasteiger partial charge in [0.2, 0.25) is 5.91 Å². The number of hydrogen-bond acceptors (Lipinski definition) is 3. The Labute approximate surface area is 126 Å². The second-order valence-corrected chi connectivity index (χ2v) is 6.97. The van der Waals surface area contributed by atoms with Gasteiger partial charge in [-0.05, 0) is 45.4 Å². The molecule has 0 aliphatic heterocycles. The number of carbonyl (C=O) groups is 1. The molecule has 0 fully saturated rings. The van der Waals surface area contributed by atoms with Gasteiger partial charge in [-0.15, -0.1) is 11.8 Å². The Morgan fingerprint density at radius 2 is 2.05 bits per heavy atom. The van der Waals surface area contributed by atoms with Gasteiger partial charge >= 0.3 is 0 Å². The maximum Gasteiger partial charge on any atom is 0.220 e. The minimum atomic E-state index is 0.126. The fraction of sp³-hybridized carbons (Fsp3) is 0.562. The van der Waals surface area contributed by atoms with E-state index in [-0.39, 0.29) is 11.4 Å². The third-order valence-electron chi connectivity index (χ3n) is 2.69. The van der Waals surface area contributed by atoms with Gasteiger partial charge in [-0.2, -0.15) is 0 Å². The number of amides is 1. The second-order valence-electron chi connectivity index (χ2n) is 5.80. The highest BCUT2D eigenvalue weighted by atomic mass is 32.2. The monoisotopic (exact) mass is 294 g/mol. The van der Waals surface area contributed by atoms with Gasteiger partial charge < -0.3 is 10.6 Å². The molecule has 1 rings (SSSR count). The molecule has 0 saturated heterocycles. The molecule has 1 aromatic carbocycles. The van der Waals surface area contributed by atoms with Gasteiger partial charge in [0, 0.05) is 35.7 Å². The summed E-state index contributed by atoms with van der Waals surface area (Å²) < 4.78 is 0. The molecular formula is C16H26N2OS. The average molecular weight is 294 g/mol. The minimum Gasteiger partial charge on any atom is -0.356 e. The molecule has 0 saturated carbocycles. The van der Waals surface area contributed by atoms with Crippen LogP contribution in [0.5, 0.6) is 0 Å². The van der Waals surface area contributed by atoms with E-state index in [9.17, 15) is 4.79 Å². The molecular weight excluding hydrogens is 268 g/mol. The highest BCUT2D eigenvalue weighted by Gasteiger charge is 2.08. The first-order chi connectivity index (χ1) is 9.40. The van der Waals surface area contributed by atoms with Gasteiger partial charge in [0.05, 0.1) is 0 Å². The van der Waals surface area contributed by atoms with Crippen molar-refractivity contribution in [3.05, 3.63) is 29.8 Å². The Morgan fingerprint density at radius 1 is 1.30 bits per heavy atom. The number of nitrogens with one attached hydrogen (secondary N) is 2. The van der Waals surface area contributed by atoms with Crippen LogP contribution in [0.15, 0.2) is 29.2 Å². The number of thioether (sulfide) groups is 1. The van der Waals surface area contributed by atoms with Gasteiger partial charge in [0.1, 0.15) is 0 Å². The van der Waals surface area contributed by atoms with Crippen LogP contribution in [0.3, 0.4) is 0 Å². The summed E-state index contributed by atoms with van der Waals surface area (Å²) in [4.78, 5) is 12.6. The Hall–Kier alpha value is -1.00. The van der Waals surface area contributed by atoms with Gasteiger partial charge in [-0.1, -0.05) is 12.1 Å². The van der Waals surface area contributed by atoms with Crippen LogP contribution in [-0.4, -0.2) is 23.7 Å². The van der Waals surface area contributed by atoms with Gasteiger partial charge in [-0.3, -0.25) is 4.79 Å². The van der Waals surface area contributed by atoms with Crippen LogP contribution in [0, 0.1) is 0 Å². The highest BCUT2D eigenvalue weighted by Crippen LogP contribution is 2.20. The van der Waals surface area contributed by atoms with Crippen LogP contribution in [0.2, 0.25) is 0 Å². The first kappa shape index (κ1) is 17.1. The fourth-order valence-corrected chi connectivity index (χ4v) is 2.59. The van der Waals surface area contributed by atoms with Crippen LogP contribution in [0.4, 0.5) is 0 Å². The van der Waals surface area contributed by atoms with Crippen LogP contribution in [0.1, 0.15) is 39.7 Å². The Kier molecular flexibility index (Phi) is 7.10. The second kappa shape index (κ2) is 8.32. The van der Waals surface area contributed by atoms with E-state index in [4.69, 9.17) is 0 Å². The van der Waals surface area contributed by atoms with Crippen molar-refractivity contribution in [2.24, 2.45) is 0 Å². The summed E-state index contributed by atoms with van der Waals surface area (Å²) in [5.41, 5.74) is 1.41. The molecule has 0 heterocycles. The molecule has 0 atom stereocenters. The van der Waals surface area contributed by atoms with Crippen LogP contribution in [0.25, 0.3) is 0 Å². The quantitative estimate of drug-likeness (QED) is 0.759. The van der Waals surface area contributed by atoms with Crippen LogP contribution in [-0.2, 0) is 11.3 Å². The lowest BCUT2D eigenvalue weighted by molar-refractivity contribution is -0.120. The zero-order valence-electron chi connectivity index (χ0n) is 13.0. The van der Waals surface area contributed by atoms with Gasteiger partial charge in [-0.25, -0.2) is 0 Å². The molecule has 20 heavy (non-hydrogen) atoms. The molecule has 0 radical (unpaired) electrons. The number of rotatable bonds is 7. The zero-order chi connectivity index (χ0) is 15.0. The van der Waals surface area contributed by atoms with Crippen molar-refractivity contribution in [3.8, 4) is 0 Å². The summed E-state index contributed by atoms with van der Waals surface area (Å²) in [6.07, 6.45) is 0.572. The largest absolute Gasteiger partial charge is 0.356 e. The minimum absolute atomic E-state index is 0.126. The van der Waals surface area contributed by atoms with Crippen molar-refractivity contribution in [1.29, 1.82) is 0 Å².